The lowest BCUT2D eigenvalue weighted by Gasteiger charge is -2.21. The van der Waals surface area contributed by atoms with Crippen molar-refractivity contribution in [3.63, 3.8) is 0 Å². The van der Waals surface area contributed by atoms with Crippen molar-refractivity contribution in [3.05, 3.63) is 27.9 Å². The minimum absolute atomic E-state index is 0.0294. The van der Waals surface area contributed by atoms with Gasteiger partial charge in [0.25, 0.3) is 0 Å². The molecule has 2 aromatic rings. The maximum atomic E-state index is 12.5. The van der Waals surface area contributed by atoms with E-state index in [0.717, 1.165) is 35.3 Å². The zero-order chi connectivity index (χ0) is 17.6. The number of fused-ring (bicyclic) bond motifs is 3. The first-order valence-corrected chi connectivity index (χ1v) is 9.96. The molecule has 0 fully saturated rings. The minimum Gasteiger partial charge on any atom is -0.493 e. The average Bonchev–Trinajstić information content (AvgIpc) is 3.04. The highest BCUT2D eigenvalue weighted by Crippen LogP contribution is 2.43. The van der Waals surface area contributed by atoms with Crippen LogP contribution < -0.4 is 9.46 Å². The quantitative estimate of drug-likeness (QED) is 0.813. The first-order valence-electron chi connectivity index (χ1n) is 8.06. The highest BCUT2D eigenvalue weighted by Gasteiger charge is 2.31. The van der Waals surface area contributed by atoms with Crippen LogP contribution in [0.2, 0.25) is 10.0 Å². The van der Waals surface area contributed by atoms with Gasteiger partial charge in [0, 0.05) is 23.7 Å². The number of hydrogen-bond donors (Lipinski definition) is 1. The van der Waals surface area contributed by atoms with Gasteiger partial charge < -0.3 is 9.30 Å². The molecule has 132 valence electrons. The smallest absolute Gasteiger partial charge is 0.130 e. The van der Waals surface area contributed by atoms with Gasteiger partial charge in [-0.3, -0.25) is 0 Å². The third-order valence-corrected chi connectivity index (χ3v) is 6.56. The van der Waals surface area contributed by atoms with Crippen LogP contribution in [0.25, 0.3) is 10.9 Å². The second-order valence-electron chi connectivity index (χ2n) is 6.93. The number of nitrogens with zero attached hydrogens (tertiary/aromatic N) is 1. The first kappa shape index (κ1) is 18.1. The molecule has 0 bridgehead atoms. The lowest BCUT2D eigenvalue weighted by Crippen LogP contribution is -2.35. The van der Waals surface area contributed by atoms with Gasteiger partial charge in [-0.25, -0.2) is 8.93 Å². The summed E-state index contributed by atoms with van der Waals surface area (Å²) in [5, 5.41) is 1.98. The van der Waals surface area contributed by atoms with Crippen LogP contribution in [0.15, 0.2) is 12.1 Å². The number of hydrogen-bond acceptors (Lipinski definition) is 2. The van der Waals surface area contributed by atoms with Crippen molar-refractivity contribution in [2.24, 2.45) is 0 Å². The van der Waals surface area contributed by atoms with E-state index in [1.807, 2.05) is 27.7 Å². The van der Waals surface area contributed by atoms with Crippen LogP contribution in [-0.2, 0) is 17.5 Å². The average molecular weight is 389 g/mol. The molecule has 0 saturated carbocycles. The zero-order valence-corrected chi connectivity index (χ0v) is 16.6. The van der Waals surface area contributed by atoms with Crippen LogP contribution in [0.4, 0.5) is 0 Å². The number of rotatable bonds is 4. The molecule has 0 aliphatic carbocycles. The Hall–Kier alpha value is -0.750. The summed E-state index contributed by atoms with van der Waals surface area (Å²) in [5.74, 6) is 0.736. The summed E-state index contributed by atoms with van der Waals surface area (Å²) in [6.45, 7) is 9.20. The fourth-order valence-electron chi connectivity index (χ4n) is 3.00. The molecule has 1 aromatic heterocycles. The number of aromatic nitrogens is 1. The van der Waals surface area contributed by atoms with E-state index in [1.165, 1.54) is 0 Å². The summed E-state index contributed by atoms with van der Waals surface area (Å²) >= 11 is 12.7. The predicted molar refractivity (Wildman–Crippen MR) is 102 cm³/mol. The zero-order valence-electron chi connectivity index (χ0n) is 14.3. The molecule has 0 saturated heterocycles. The van der Waals surface area contributed by atoms with Gasteiger partial charge in [-0.1, -0.05) is 23.2 Å². The van der Waals surface area contributed by atoms with Crippen molar-refractivity contribution in [3.8, 4) is 5.75 Å². The van der Waals surface area contributed by atoms with Crippen molar-refractivity contribution in [1.29, 1.82) is 0 Å². The minimum atomic E-state index is -1.13. The molecule has 1 aromatic carbocycles. The molecule has 0 spiro atoms. The molecular weight excluding hydrogens is 367 g/mol. The molecule has 1 unspecified atom stereocenters. The fraction of sp³-hybridized carbons (Fsp3) is 0.529. The standard InChI is InChI=1S/C17H22Cl2N2O2S/c1-5-23-14-9-11(18)15(19)16-10(14)8-13-12(6-7-21(13)16)20-24(22)17(2,3)4/h8-9,12,20H,5-7H2,1-4H3/t12-,24?/m0/s1. The van der Waals surface area contributed by atoms with Crippen LogP contribution in [0.3, 0.4) is 0 Å². The highest BCUT2D eigenvalue weighted by atomic mass is 35.5. The van der Waals surface area contributed by atoms with Gasteiger partial charge in [-0.05, 0) is 40.2 Å². The van der Waals surface area contributed by atoms with Gasteiger partial charge in [0.15, 0.2) is 0 Å². The molecular formula is C17H22Cl2N2O2S. The second-order valence-corrected chi connectivity index (χ2v) is 9.71. The van der Waals surface area contributed by atoms with Gasteiger partial charge in [0.1, 0.15) is 5.75 Å². The summed E-state index contributed by atoms with van der Waals surface area (Å²) in [5.41, 5.74) is 1.97. The van der Waals surface area contributed by atoms with Gasteiger partial charge in [0.2, 0.25) is 0 Å². The largest absolute Gasteiger partial charge is 0.493 e. The molecule has 0 radical (unpaired) electrons. The maximum absolute atomic E-state index is 12.5. The molecule has 4 nitrogen and oxygen atoms in total. The van der Waals surface area contributed by atoms with Gasteiger partial charge in [-0.2, -0.15) is 0 Å². The van der Waals surface area contributed by atoms with E-state index in [2.05, 4.69) is 15.4 Å². The van der Waals surface area contributed by atoms with Crippen molar-refractivity contribution in [2.75, 3.05) is 6.61 Å². The van der Waals surface area contributed by atoms with Gasteiger partial charge in [0.05, 0.1) is 43.9 Å². The highest BCUT2D eigenvalue weighted by molar-refractivity contribution is 7.84. The summed E-state index contributed by atoms with van der Waals surface area (Å²) in [4.78, 5) is 0. The number of benzene rings is 1. The first-order chi connectivity index (χ1) is 11.2. The molecule has 7 heteroatoms. The van der Waals surface area contributed by atoms with Crippen molar-refractivity contribution in [2.45, 2.75) is 51.4 Å². The van der Waals surface area contributed by atoms with E-state index >= 15 is 0 Å². The van der Waals surface area contributed by atoms with Gasteiger partial charge >= 0.3 is 0 Å². The summed E-state index contributed by atoms with van der Waals surface area (Å²) in [6.07, 6.45) is 0.875. The lowest BCUT2D eigenvalue weighted by atomic mass is 10.1. The molecule has 0 amide bonds. The maximum Gasteiger partial charge on any atom is 0.130 e. The molecule has 3 rings (SSSR count). The monoisotopic (exact) mass is 388 g/mol. The Bertz CT molecular complexity index is 811. The van der Waals surface area contributed by atoms with Crippen LogP contribution in [-0.4, -0.2) is 20.1 Å². The number of aryl methyl sites for hydroxylation is 1. The Kier molecular flexibility index (Phi) is 4.91. The SMILES string of the molecule is CCOc1cc(Cl)c(Cl)c2c1cc1n2CC[C@@H]1NS(=O)C(C)(C)C. The molecule has 2 heterocycles. The number of nitrogens with one attached hydrogen (secondary N) is 1. The van der Waals surface area contributed by atoms with E-state index in [0.29, 0.717) is 16.7 Å². The molecule has 2 atom stereocenters. The normalized spacial score (nSPS) is 18.8. The predicted octanol–water partition coefficient (Wildman–Crippen LogP) is 4.84. The van der Waals surface area contributed by atoms with E-state index in [9.17, 15) is 4.21 Å². The number of halogens is 2. The van der Waals surface area contributed by atoms with E-state index in [1.54, 1.807) is 6.07 Å². The summed E-state index contributed by atoms with van der Waals surface area (Å²) in [6, 6.07) is 3.87. The molecule has 24 heavy (non-hydrogen) atoms. The van der Waals surface area contributed by atoms with Crippen molar-refractivity contribution < 1.29 is 8.95 Å². The van der Waals surface area contributed by atoms with Crippen molar-refractivity contribution in [1.82, 2.24) is 9.29 Å². The van der Waals surface area contributed by atoms with E-state index in [-0.39, 0.29) is 10.8 Å². The Morgan fingerprint density at radius 1 is 1.38 bits per heavy atom. The van der Waals surface area contributed by atoms with Gasteiger partial charge in [-0.15, -0.1) is 0 Å². The molecule has 1 aliphatic heterocycles. The topological polar surface area (TPSA) is 43.3 Å². The molecule has 1 N–H and O–H groups in total. The Balaban J connectivity index is 2.07. The van der Waals surface area contributed by atoms with Crippen molar-refractivity contribution >= 4 is 45.1 Å². The summed E-state index contributed by atoms with van der Waals surface area (Å²) in [7, 11) is -1.13. The molecule has 1 aliphatic rings. The third kappa shape index (κ3) is 3.07. The Morgan fingerprint density at radius 2 is 2.08 bits per heavy atom. The Labute approximate surface area is 155 Å². The Morgan fingerprint density at radius 3 is 2.71 bits per heavy atom. The number of ether oxygens (including phenoxy) is 1. The lowest BCUT2D eigenvalue weighted by molar-refractivity contribution is 0.344. The van der Waals surface area contributed by atoms with E-state index in [4.69, 9.17) is 27.9 Å². The second kappa shape index (κ2) is 6.52. The van der Waals surface area contributed by atoms with E-state index < -0.39 is 11.0 Å². The van der Waals surface area contributed by atoms with Crippen LogP contribution in [0.5, 0.6) is 5.75 Å². The van der Waals surface area contributed by atoms with Crippen LogP contribution >= 0.6 is 23.2 Å². The summed E-state index contributed by atoms with van der Waals surface area (Å²) < 4.78 is 23.3. The fourth-order valence-corrected chi connectivity index (χ4v) is 4.30. The van der Waals surface area contributed by atoms with Crippen LogP contribution in [0, 0.1) is 0 Å². The third-order valence-electron chi connectivity index (χ3n) is 4.17. The van der Waals surface area contributed by atoms with Crippen LogP contribution in [0.1, 0.15) is 45.9 Å².